The van der Waals surface area contributed by atoms with Crippen molar-refractivity contribution < 1.29 is 22.9 Å². The predicted molar refractivity (Wildman–Crippen MR) is 110 cm³/mol. The van der Waals surface area contributed by atoms with Crippen LogP contribution in [0.25, 0.3) is 0 Å². The number of carbonyl (C=O) groups is 1. The summed E-state index contributed by atoms with van der Waals surface area (Å²) < 4.78 is 39.0. The molecule has 2 aliphatic rings. The van der Waals surface area contributed by atoms with Gasteiger partial charge in [0.15, 0.2) is 0 Å². The Kier molecular flexibility index (Phi) is 7.88. The molecule has 0 unspecified atom stereocenters. The number of halogens is 3. The highest BCUT2D eigenvalue weighted by atomic mass is 19.4. The van der Waals surface area contributed by atoms with Crippen LogP contribution in [0, 0.1) is 16.0 Å². The molecule has 172 valence electrons. The molecule has 0 bridgehead atoms. The van der Waals surface area contributed by atoms with Gasteiger partial charge in [0.2, 0.25) is 0 Å². The number of amides is 1. The van der Waals surface area contributed by atoms with Gasteiger partial charge in [-0.3, -0.25) is 19.8 Å². The predicted octanol–water partition coefficient (Wildman–Crippen LogP) is 3.54. The van der Waals surface area contributed by atoms with Crippen molar-refractivity contribution in [3.8, 4) is 0 Å². The third kappa shape index (κ3) is 6.90. The van der Waals surface area contributed by atoms with E-state index in [9.17, 15) is 28.1 Å². The molecule has 0 spiro atoms. The van der Waals surface area contributed by atoms with Crippen LogP contribution in [0.15, 0.2) is 18.2 Å². The van der Waals surface area contributed by atoms with Gasteiger partial charge >= 0.3 is 6.18 Å². The lowest BCUT2D eigenvalue weighted by Crippen LogP contribution is -2.49. The van der Waals surface area contributed by atoms with Crippen LogP contribution in [-0.4, -0.2) is 66.4 Å². The molecule has 1 aliphatic heterocycles. The van der Waals surface area contributed by atoms with E-state index in [4.69, 9.17) is 0 Å². The second-order valence-electron chi connectivity index (χ2n) is 8.43. The highest BCUT2D eigenvalue weighted by Crippen LogP contribution is 2.32. The minimum Gasteiger partial charge on any atom is -0.351 e. The molecule has 1 amide bonds. The number of nitrogens with zero attached hydrogens (tertiary/aromatic N) is 3. The van der Waals surface area contributed by atoms with Gasteiger partial charge in [0.05, 0.1) is 10.5 Å². The first-order chi connectivity index (χ1) is 14.7. The fourth-order valence-electron chi connectivity index (χ4n) is 4.37. The Morgan fingerprint density at radius 1 is 1.06 bits per heavy atom. The van der Waals surface area contributed by atoms with Crippen molar-refractivity contribution in [3.05, 3.63) is 39.4 Å². The zero-order valence-corrected chi connectivity index (χ0v) is 17.5. The van der Waals surface area contributed by atoms with Crippen LogP contribution in [0.1, 0.15) is 48.0 Å². The van der Waals surface area contributed by atoms with Crippen molar-refractivity contribution in [2.75, 3.05) is 45.8 Å². The van der Waals surface area contributed by atoms with E-state index in [1.807, 2.05) is 0 Å². The molecule has 7 nitrogen and oxygen atoms in total. The molecule has 0 atom stereocenters. The lowest BCUT2D eigenvalue weighted by atomic mass is 9.89. The molecule has 3 rings (SSSR count). The first kappa shape index (κ1) is 23.5. The second-order valence-corrected chi connectivity index (χ2v) is 8.43. The van der Waals surface area contributed by atoms with Crippen LogP contribution in [0.5, 0.6) is 0 Å². The summed E-state index contributed by atoms with van der Waals surface area (Å²) >= 11 is 0. The Morgan fingerprint density at radius 2 is 1.71 bits per heavy atom. The lowest BCUT2D eigenvalue weighted by molar-refractivity contribution is -0.385. The molecule has 0 radical (unpaired) electrons. The van der Waals surface area contributed by atoms with E-state index in [1.165, 1.54) is 32.1 Å². The number of nitro groups is 1. The average Bonchev–Trinajstić information content (AvgIpc) is 2.74. The second kappa shape index (κ2) is 10.4. The van der Waals surface area contributed by atoms with Gasteiger partial charge in [-0.25, -0.2) is 0 Å². The smallest absolute Gasteiger partial charge is 0.351 e. The molecular weight excluding hydrogens is 413 g/mol. The maximum absolute atomic E-state index is 13.0. The van der Waals surface area contributed by atoms with E-state index in [2.05, 4.69) is 15.1 Å². The molecule has 10 heteroatoms. The summed E-state index contributed by atoms with van der Waals surface area (Å²) in [5.74, 6) is 0.0567. The number of benzene rings is 1. The third-order valence-corrected chi connectivity index (χ3v) is 6.14. The zero-order chi connectivity index (χ0) is 22.4. The van der Waals surface area contributed by atoms with Crippen molar-refractivity contribution in [1.29, 1.82) is 0 Å². The van der Waals surface area contributed by atoms with E-state index in [1.54, 1.807) is 0 Å². The lowest BCUT2D eigenvalue weighted by Gasteiger charge is -2.37. The third-order valence-electron chi connectivity index (χ3n) is 6.14. The number of alkyl halides is 3. The van der Waals surface area contributed by atoms with E-state index < -0.39 is 28.3 Å². The standard InChI is InChI=1S/C21H29F3N4O3/c22-21(23,24)18-12-17(13-19(14-18)28(30)31)20(29)25-6-7-26-8-10-27(11-9-26)15-16-4-2-1-3-5-16/h12-14,16H,1-11,15H2,(H,25,29). The zero-order valence-electron chi connectivity index (χ0n) is 17.5. The van der Waals surface area contributed by atoms with Crippen molar-refractivity contribution in [1.82, 2.24) is 15.1 Å². The number of nitro benzene ring substituents is 1. The molecule has 1 heterocycles. The van der Waals surface area contributed by atoms with Crippen molar-refractivity contribution in [2.45, 2.75) is 38.3 Å². The monoisotopic (exact) mass is 442 g/mol. The number of non-ortho nitro benzene ring substituents is 1. The number of hydrogen-bond donors (Lipinski definition) is 1. The summed E-state index contributed by atoms with van der Waals surface area (Å²) in [5, 5.41) is 13.5. The first-order valence-electron chi connectivity index (χ1n) is 10.8. The van der Waals surface area contributed by atoms with Gasteiger partial charge in [-0.1, -0.05) is 19.3 Å². The summed E-state index contributed by atoms with van der Waals surface area (Å²) in [5.41, 5.74) is -2.33. The number of carbonyl (C=O) groups excluding carboxylic acids is 1. The van der Waals surface area contributed by atoms with Crippen LogP contribution in [0.2, 0.25) is 0 Å². The summed E-state index contributed by atoms with van der Waals surface area (Å²) in [7, 11) is 0. The summed E-state index contributed by atoms with van der Waals surface area (Å²) in [6, 6.07) is 1.95. The van der Waals surface area contributed by atoms with Gasteiger partial charge in [0.1, 0.15) is 0 Å². The first-order valence-corrected chi connectivity index (χ1v) is 10.8. The molecule has 1 saturated heterocycles. The Bertz CT molecular complexity index is 774. The Labute approximate surface area is 179 Å². The van der Waals surface area contributed by atoms with Crippen LogP contribution in [0.4, 0.5) is 18.9 Å². The maximum Gasteiger partial charge on any atom is 0.416 e. The van der Waals surface area contributed by atoms with Gasteiger partial charge in [-0.2, -0.15) is 13.2 Å². The van der Waals surface area contributed by atoms with Gasteiger partial charge in [-0.05, 0) is 24.8 Å². The average molecular weight is 442 g/mol. The van der Waals surface area contributed by atoms with Crippen molar-refractivity contribution >= 4 is 11.6 Å². The quantitative estimate of drug-likeness (QED) is 0.516. The van der Waals surface area contributed by atoms with Crippen LogP contribution < -0.4 is 5.32 Å². The van der Waals surface area contributed by atoms with Crippen LogP contribution >= 0.6 is 0 Å². The van der Waals surface area contributed by atoms with Crippen molar-refractivity contribution in [3.63, 3.8) is 0 Å². The van der Waals surface area contributed by atoms with Crippen LogP contribution in [0.3, 0.4) is 0 Å². The molecule has 1 N–H and O–H groups in total. The molecule has 1 aromatic carbocycles. The highest BCUT2D eigenvalue weighted by Gasteiger charge is 2.33. The minimum absolute atomic E-state index is 0.269. The van der Waals surface area contributed by atoms with E-state index >= 15 is 0 Å². The Balaban J connectivity index is 1.45. The van der Waals surface area contributed by atoms with Gasteiger partial charge in [0, 0.05) is 63.5 Å². The Hall–Kier alpha value is -2.20. The fourth-order valence-corrected chi connectivity index (χ4v) is 4.37. The van der Waals surface area contributed by atoms with E-state index in [0.29, 0.717) is 18.7 Å². The molecular formula is C21H29F3N4O3. The summed E-state index contributed by atoms with van der Waals surface area (Å²) in [4.78, 5) is 27.0. The van der Waals surface area contributed by atoms with Gasteiger partial charge < -0.3 is 10.2 Å². The van der Waals surface area contributed by atoms with Crippen molar-refractivity contribution in [2.24, 2.45) is 5.92 Å². The fraction of sp³-hybridized carbons (Fsp3) is 0.667. The molecule has 1 aliphatic carbocycles. The van der Waals surface area contributed by atoms with Crippen LogP contribution in [-0.2, 0) is 6.18 Å². The summed E-state index contributed by atoms with van der Waals surface area (Å²) in [6.45, 7) is 5.73. The summed E-state index contributed by atoms with van der Waals surface area (Å²) in [6.07, 6.45) is 1.89. The highest BCUT2D eigenvalue weighted by molar-refractivity contribution is 5.95. The number of hydrogen-bond acceptors (Lipinski definition) is 5. The molecule has 1 saturated carbocycles. The van der Waals surface area contributed by atoms with E-state index in [-0.39, 0.29) is 12.1 Å². The Morgan fingerprint density at radius 3 is 2.32 bits per heavy atom. The SMILES string of the molecule is O=C(NCCN1CCN(CC2CCCCC2)CC1)c1cc([N+](=O)[O-])cc(C(F)(F)F)c1. The van der Waals surface area contributed by atoms with E-state index in [0.717, 1.165) is 44.7 Å². The maximum atomic E-state index is 13.0. The molecule has 1 aromatic rings. The molecule has 0 aromatic heterocycles. The topological polar surface area (TPSA) is 78.7 Å². The number of piperazine rings is 1. The normalized spacial score (nSPS) is 19.3. The molecule has 31 heavy (non-hydrogen) atoms. The molecule has 2 fully saturated rings. The largest absolute Gasteiger partial charge is 0.416 e. The van der Waals surface area contributed by atoms with Gasteiger partial charge in [-0.15, -0.1) is 0 Å². The van der Waals surface area contributed by atoms with Gasteiger partial charge in [0.25, 0.3) is 11.6 Å². The number of nitrogens with one attached hydrogen (secondary N) is 1. The minimum atomic E-state index is -4.77. The number of rotatable bonds is 7.